The van der Waals surface area contributed by atoms with Crippen molar-refractivity contribution in [2.24, 2.45) is 11.8 Å². The molecule has 0 spiro atoms. The molecule has 1 aromatic rings. The highest BCUT2D eigenvalue weighted by Gasteiger charge is 2.27. The number of nitrogens with two attached hydrogens (primary N) is 1. The smallest absolute Gasteiger partial charge is 0.251 e. The summed E-state index contributed by atoms with van der Waals surface area (Å²) in [4.78, 5) is 11.6. The second-order valence-corrected chi connectivity index (χ2v) is 5.90. The third-order valence-electron chi connectivity index (χ3n) is 4.59. The lowest BCUT2D eigenvalue weighted by atomic mass is 9.78. The molecule has 4 nitrogen and oxygen atoms in total. The number of rotatable bonds is 3. The number of hydrogen-bond donors (Lipinski definition) is 3. The summed E-state index contributed by atoms with van der Waals surface area (Å²) in [6.07, 6.45) is 3.76. The summed E-state index contributed by atoms with van der Waals surface area (Å²) in [5.41, 5.74) is 8.24. The zero-order chi connectivity index (χ0) is 14.7. The molecule has 20 heavy (non-hydrogen) atoms. The lowest BCUT2D eigenvalue weighted by molar-refractivity contribution is 0.0963. The van der Waals surface area contributed by atoms with Crippen LogP contribution in [0.4, 0.5) is 11.4 Å². The maximum absolute atomic E-state index is 11.6. The predicted molar refractivity (Wildman–Crippen MR) is 83.8 cm³/mol. The predicted octanol–water partition coefficient (Wildman–Crippen LogP) is 2.87. The van der Waals surface area contributed by atoms with Crippen LogP contribution in [0.1, 0.15) is 43.5 Å². The Morgan fingerprint density at radius 1 is 1.30 bits per heavy atom. The molecular formula is C16H25N3O. The number of nitrogens with one attached hydrogen (secondary N) is 2. The van der Waals surface area contributed by atoms with Crippen LogP contribution in [0.15, 0.2) is 18.2 Å². The van der Waals surface area contributed by atoms with Crippen LogP contribution in [0, 0.1) is 11.8 Å². The SMILES string of the molecule is CNC(=O)c1ccc(NC2CCCC(C)C2C)c(N)c1. The second kappa shape index (κ2) is 6.16. The number of hydrogen-bond acceptors (Lipinski definition) is 3. The number of benzene rings is 1. The lowest BCUT2D eigenvalue weighted by Gasteiger charge is -2.35. The van der Waals surface area contributed by atoms with Crippen molar-refractivity contribution in [2.75, 3.05) is 18.1 Å². The normalized spacial score (nSPS) is 26.1. The van der Waals surface area contributed by atoms with Gasteiger partial charge in [0.1, 0.15) is 0 Å². The highest BCUT2D eigenvalue weighted by molar-refractivity contribution is 5.95. The Morgan fingerprint density at radius 3 is 2.70 bits per heavy atom. The molecule has 0 radical (unpaired) electrons. The Balaban J connectivity index is 2.11. The standard InChI is InChI=1S/C16H25N3O/c1-10-5-4-6-14(11(10)2)19-15-8-7-12(9-13(15)17)16(20)18-3/h7-11,14,19H,4-6,17H2,1-3H3,(H,18,20). The zero-order valence-electron chi connectivity index (χ0n) is 12.6. The van der Waals surface area contributed by atoms with E-state index in [1.54, 1.807) is 13.1 Å². The summed E-state index contributed by atoms with van der Waals surface area (Å²) in [6, 6.07) is 5.92. The van der Waals surface area contributed by atoms with E-state index >= 15 is 0 Å². The number of anilines is 2. The van der Waals surface area contributed by atoms with E-state index in [1.165, 1.54) is 19.3 Å². The molecule has 1 aromatic carbocycles. The fraction of sp³-hybridized carbons (Fsp3) is 0.562. The summed E-state index contributed by atoms with van der Waals surface area (Å²) in [5, 5.41) is 6.16. The largest absolute Gasteiger partial charge is 0.397 e. The van der Waals surface area contributed by atoms with Crippen molar-refractivity contribution < 1.29 is 4.79 Å². The van der Waals surface area contributed by atoms with E-state index in [1.807, 2.05) is 12.1 Å². The van der Waals surface area contributed by atoms with Crippen LogP contribution in [-0.2, 0) is 0 Å². The zero-order valence-corrected chi connectivity index (χ0v) is 12.6. The average molecular weight is 275 g/mol. The first-order valence-electron chi connectivity index (χ1n) is 7.41. The van der Waals surface area contributed by atoms with Crippen molar-refractivity contribution >= 4 is 17.3 Å². The van der Waals surface area contributed by atoms with Gasteiger partial charge in [0.05, 0.1) is 11.4 Å². The Hall–Kier alpha value is -1.71. The van der Waals surface area contributed by atoms with Gasteiger partial charge in [-0.2, -0.15) is 0 Å². The molecule has 2 rings (SSSR count). The van der Waals surface area contributed by atoms with Crippen molar-refractivity contribution in [3.63, 3.8) is 0 Å². The molecule has 1 amide bonds. The summed E-state index contributed by atoms with van der Waals surface area (Å²) in [5.74, 6) is 1.28. The van der Waals surface area contributed by atoms with Crippen LogP contribution in [0.2, 0.25) is 0 Å². The second-order valence-electron chi connectivity index (χ2n) is 5.90. The molecule has 0 bridgehead atoms. The summed E-state index contributed by atoms with van der Waals surface area (Å²) < 4.78 is 0. The van der Waals surface area contributed by atoms with Gasteiger partial charge in [0, 0.05) is 18.7 Å². The van der Waals surface area contributed by atoms with Crippen molar-refractivity contribution in [1.29, 1.82) is 0 Å². The topological polar surface area (TPSA) is 67.2 Å². The maximum atomic E-state index is 11.6. The van der Waals surface area contributed by atoms with Gasteiger partial charge < -0.3 is 16.4 Å². The van der Waals surface area contributed by atoms with E-state index < -0.39 is 0 Å². The molecule has 1 fully saturated rings. The molecule has 3 atom stereocenters. The highest BCUT2D eigenvalue weighted by Crippen LogP contribution is 2.33. The number of carbonyl (C=O) groups excluding carboxylic acids is 1. The van der Waals surface area contributed by atoms with Gasteiger partial charge in [-0.1, -0.05) is 26.7 Å². The van der Waals surface area contributed by atoms with Crippen LogP contribution in [0.25, 0.3) is 0 Å². The molecule has 4 heteroatoms. The van der Waals surface area contributed by atoms with Gasteiger partial charge in [0.2, 0.25) is 0 Å². The average Bonchev–Trinajstić information content (AvgIpc) is 2.45. The summed E-state index contributed by atoms with van der Waals surface area (Å²) in [7, 11) is 1.62. The number of carbonyl (C=O) groups is 1. The van der Waals surface area contributed by atoms with E-state index in [9.17, 15) is 4.79 Å². The molecule has 0 heterocycles. The lowest BCUT2D eigenvalue weighted by Crippen LogP contribution is -2.35. The third-order valence-corrected chi connectivity index (χ3v) is 4.59. The van der Waals surface area contributed by atoms with Gasteiger partial charge in [-0.05, 0) is 36.5 Å². The van der Waals surface area contributed by atoms with E-state index in [4.69, 9.17) is 5.73 Å². The maximum Gasteiger partial charge on any atom is 0.251 e. The van der Waals surface area contributed by atoms with Crippen molar-refractivity contribution in [2.45, 2.75) is 39.2 Å². The first kappa shape index (κ1) is 14.7. The first-order valence-corrected chi connectivity index (χ1v) is 7.41. The molecule has 3 unspecified atom stereocenters. The van der Waals surface area contributed by atoms with Gasteiger partial charge >= 0.3 is 0 Å². The molecule has 0 aromatic heterocycles. The Bertz CT molecular complexity index is 487. The fourth-order valence-corrected chi connectivity index (χ4v) is 2.97. The summed E-state index contributed by atoms with van der Waals surface area (Å²) >= 11 is 0. The molecule has 1 aliphatic carbocycles. The Labute approximate surface area is 121 Å². The molecule has 110 valence electrons. The third kappa shape index (κ3) is 3.06. The summed E-state index contributed by atoms with van der Waals surface area (Å²) in [6.45, 7) is 4.62. The highest BCUT2D eigenvalue weighted by atomic mass is 16.1. The Morgan fingerprint density at radius 2 is 2.05 bits per heavy atom. The molecular weight excluding hydrogens is 250 g/mol. The van der Waals surface area contributed by atoms with E-state index in [2.05, 4.69) is 24.5 Å². The van der Waals surface area contributed by atoms with Crippen molar-refractivity contribution in [1.82, 2.24) is 5.32 Å². The van der Waals surface area contributed by atoms with Gasteiger partial charge in [0.15, 0.2) is 0 Å². The number of amides is 1. The van der Waals surface area contributed by atoms with Crippen LogP contribution < -0.4 is 16.4 Å². The molecule has 4 N–H and O–H groups in total. The van der Waals surface area contributed by atoms with Gasteiger partial charge in [0.25, 0.3) is 5.91 Å². The van der Waals surface area contributed by atoms with E-state index in [0.29, 0.717) is 23.2 Å². The molecule has 1 saturated carbocycles. The monoisotopic (exact) mass is 275 g/mol. The van der Waals surface area contributed by atoms with Crippen LogP contribution in [-0.4, -0.2) is 19.0 Å². The van der Waals surface area contributed by atoms with Crippen LogP contribution in [0.5, 0.6) is 0 Å². The first-order chi connectivity index (χ1) is 9.52. The van der Waals surface area contributed by atoms with Gasteiger partial charge in [-0.15, -0.1) is 0 Å². The fourth-order valence-electron chi connectivity index (χ4n) is 2.97. The number of nitrogen functional groups attached to an aromatic ring is 1. The van der Waals surface area contributed by atoms with Crippen LogP contribution >= 0.6 is 0 Å². The van der Waals surface area contributed by atoms with Crippen LogP contribution in [0.3, 0.4) is 0 Å². The minimum atomic E-state index is -0.108. The molecule has 1 aliphatic rings. The van der Waals surface area contributed by atoms with Crippen molar-refractivity contribution in [3.05, 3.63) is 23.8 Å². The Kier molecular flexibility index (Phi) is 4.53. The van der Waals surface area contributed by atoms with E-state index in [-0.39, 0.29) is 5.91 Å². The minimum Gasteiger partial charge on any atom is -0.397 e. The van der Waals surface area contributed by atoms with Gasteiger partial charge in [-0.3, -0.25) is 4.79 Å². The molecule has 0 saturated heterocycles. The van der Waals surface area contributed by atoms with Gasteiger partial charge in [-0.25, -0.2) is 0 Å². The van der Waals surface area contributed by atoms with E-state index in [0.717, 1.165) is 11.6 Å². The molecule has 0 aliphatic heterocycles. The minimum absolute atomic E-state index is 0.108. The van der Waals surface area contributed by atoms with Crippen molar-refractivity contribution in [3.8, 4) is 0 Å². The quantitative estimate of drug-likeness (QED) is 0.743.